The van der Waals surface area contributed by atoms with E-state index >= 15 is 0 Å². The predicted molar refractivity (Wildman–Crippen MR) is 72.9 cm³/mol. The molecule has 0 bridgehead atoms. The maximum absolute atomic E-state index is 13.6. The van der Waals surface area contributed by atoms with E-state index in [4.69, 9.17) is 9.47 Å². The van der Waals surface area contributed by atoms with Crippen LogP contribution in [0.25, 0.3) is 0 Å². The van der Waals surface area contributed by atoms with Gasteiger partial charge in [-0.05, 0) is 30.2 Å². The number of halogens is 1. The first kappa shape index (κ1) is 14.8. The van der Waals surface area contributed by atoms with Crippen molar-refractivity contribution in [3.05, 3.63) is 29.6 Å². The van der Waals surface area contributed by atoms with Crippen LogP contribution in [-0.2, 0) is 16.1 Å². The van der Waals surface area contributed by atoms with Crippen molar-refractivity contribution in [1.82, 2.24) is 5.32 Å². The first-order chi connectivity index (χ1) is 9.54. The quantitative estimate of drug-likeness (QED) is 0.813. The number of esters is 1. The number of carbonyl (C=O) groups is 1. The van der Waals surface area contributed by atoms with Crippen LogP contribution >= 0.6 is 0 Å². The predicted octanol–water partition coefficient (Wildman–Crippen LogP) is 2.27. The van der Waals surface area contributed by atoms with Crippen molar-refractivity contribution in [2.45, 2.75) is 32.9 Å². The fourth-order valence-corrected chi connectivity index (χ4v) is 2.04. The van der Waals surface area contributed by atoms with E-state index < -0.39 is 6.10 Å². The molecule has 0 aromatic heterocycles. The lowest BCUT2D eigenvalue weighted by molar-refractivity contribution is -0.143. The Labute approximate surface area is 118 Å². The molecular formula is C15H20FNO3. The molecule has 0 saturated carbocycles. The molecule has 1 N–H and O–H groups in total. The van der Waals surface area contributed by atoms with Gasteiger partial charge in [-0.2, -0.15) is 0 Å². The third kappa shape index (κ3) is 4.20. The molecule has 1 aromatic rings. The Bertz CT molecular complexity index is 476. The molecular weight excluding hydrogens is 261 g/mol. The van der Waals surface area contributed by atoms with Gasteiger partial charge in [0.1, 0.15) is 11.6 Å². The summed E-state index contributed by atoms with van der Waals surface area (Å²) in [6, 6.07) is 4.51. The Kier molecular flexibility index (Phi) is 4.95. The highest BCUT2D eigenvalue weighted by Crippen LogP contribution is 2.21. The van der Waals surface area contributed by atoms with E-state index in [0.29, 0.717) is 31.2 Å². The highest BCUT2D eigenvalue weighted by atomic mass is 19.1. The van der Waals surface area contributed by atoms with E-state index in [-0.39, 0.29) is 11.8 Å². The van der Waals surface area contributed by atoms with Crippen LogP contribution < -0.4 is 10.1 Å². The van der Waals surface area contributed by atoms with Crippen LogP contribution in [-0.4, -0.2) is 25.2 Å². The largest absolute Gasteiger partial charge is 0.478 e. The van der Waals surface area contributed by atoms with Crippen LogP contribution in [0.3, 0.4) is 0 Å². The second-order valence-corrected chi connectivity index (χ2v) is 5.38. The lowest BCUT2D eigenvalue weighted by Crippen LogP contribution is -2.22. The topological polar surface area (TPSA) is 47.6 Å². The Morgan fingerprint density at radius 2 is 2.25 bits per heavy atom. The molecule has 1 aliphatic heterocycles. The van der Waals surface area contributed by atoms with E-state index in [1.165, 1.54) is 12.1 Å². The summed E-state index contributed by atoms with van der Waals surface area (Å²) < 4.78 is 23.9. The molecule has 0 radical (unpaired) electrons. The average molecular weight is 281 g/mol. The van der Waals surface area contributed by atoms with Gasteiger partial charge < -0.3 is 14.8 Å². The Morgan fingerprint density at radius 1 is 1.45 bits per heavy atom. The molecule has 4 nitrogen and oxygen atoms in total. The van der Waals surface area contributed by atoms with Crippen molar-refractivity contribution in [2.24, 2.45) is 5.92 Å². The van der Waals surface area contributed by atoms with Gasteiger partial charge in [0, 0.05) is 19.0 Å². The summed E-state index contributed by atoms with van der Waals surface area (Å²) in [6.07, 6.45) is -0.107. The fraction of sp³-hybridized carbons (Fsp3) is 0.533. The van der Waals surface area contributed by atoms with Crippen molar-refractivity contribution < 1.29 is 18.7 Å². The molecule has 20 heavy (non-hydrogen) atoms. The molecule has 0 aliphatic carbocycles. The minimum Gasteiger partial charge on any atom is -0.478 e. The monoisotopic (exact) mass is 281 g/mol. The van der Waals surface area contributed by atoms with Gasteiger partial charge in [0.15, 0.2) is 6.10 Å². The number of rotatable bonds is 6. The molecule has 0 amide bonds. The Morgan fingerprint density at radius 3 is 2.90 bits per heavy atom. The first-order valence-electron chi connectivity index (χ1n) is 6.88. The summed E-state index contributed by atoms with van der Waals surface area (Å²) in [5.41, 5.74) is 0.798. The number of cyclic esters (lactones) is 1. The van der Waals surface area contributed by atoms with Gasteiger partial charge in [-0.25, -0.2) is 9.18 Å². The summed E-state index contributed by atoms with van der Waals surface area (Å²) in [7, 11) is 0. The van der Waals surface area contributed by atoms with E-state index in [0.717, 1.165) is 12.1 Å². The van der Waals surface area contributed by atoms with Gasteiger partial charge in [0.2, 0.25) is 0 Å². The van der Waals surface area contributed by atoms with Crippen LogP contribution in [0.1, 0.15) is 25.8 Å². The van der Waals surface area contributed by atoms with Gasteiger partial charge in [0.05, 0.1) is 6.61 Å². The van der Waals surface area contributed by atoms with E-state index in [1.54, 1.807) is 6.07 Å². The van der Waals surface area contributed by atoms with Crippen molar-refractivity contribution >= 4 is 5.97 Å². The minimum atomic E-state index is -0.617. The smallest absolute Gasteiger partial charge is 0.347 e. The molecule has 1 saturated heterocycles. The summed E-state index contributed by atoms with van der Waals surface area (Å²) >= 11 is 0. The van der Waals surface area contributed by atoms with Crippen molar-refractivity contribution in [2.75, 3.05) is 13.2 Å². The molecule has 1 fully saturated rings. The van der Waals surface area contributed by atoms with Crippen LogP contribution in [0, 0.1) is 11.7 Å². The number of hydrogen-bond donors (Lipinski definition) is 1. The molecule has 1 unspecified atom stereocenters. The van der Waals surface area contributed by atoms with Crippen LogP contribution in [0.4, 0.5) is 4.39 Å². The average Bonchev–Trinajstić information content (AvgIpc) is 2.74. The zero-order chi connectivity index (χ0) is 14.5. The van der Waals surface area contributed by atoms with Gasteiger partial charge in [0.25, 0.3) is 0 Å². The van der Waals surface area contributed by atoms with Crippen molar-refractivity contribution in [1.29, 1.82) is 0 Å². The molecule has 1 aromatic carbocycles. The minimum absolute atomic E-state index is 0.363. The van der Waals surface area contributed by atoms with Gasteiger partial charge >= 0.3 is 5.97 Å². The van der Waals surface area contributed by atoms with Crippen LogP contribution in [0.2, 0.25) is 0 Å². The summed E-state index contributed by atoms with van der Waals surface area (Å²) in [6.45, 7) is 6.02. The maximum atomic E-state index is 13.6. The zero-order valence-electron chi connectivity index (χ0n) is 11.8. The number of ether oxygens (including phenoxy) is 2. The van der Waals surface area contributed by atoms with Gasteiger partial charge in [-0.15, -0.1) is 0 Å². The van der Waals surface area contributed by atoms with Crippen LogP contribution in [0.5, 0.6) is 5.75 Å². The molecule has 1 atom stereocenters. The van der Waals surface area contributed by atoms with Crippen LogP contribution in [0.15, 0.2) is 18.2 Å². The highest BCUT2D eigenvalue weighted by Gasteiger charge is 2.28. The number of carbonyl (C=O) groups excluding carboxylic acids is 1. The molecule has 0 spiro atoms. The SMILES string of the molecule is CC(C)CNCc1cc(F)cc(OC2CCOC2=O)c1. The summed E-state index contributed by atoms with van der Waals surface area (Å²) in [4.78, 5) is 11.3. The molecule has 110 valence electrons. The van der Waals surface area contributed by atoms with Gasteiger partial charge in [-0.3, -0.25) is 0 Å². The molecule has 5 heteroatoms. The third-order valence-electron chi connectivity index (χ3n) is 2.98. The molecule has 2 rings (SSSR count). The standard InChI is InChI=1S/C15H20FNO3/c1-10(2)8-17-9-11-5-12(16)7-13(6-11)20-14-3-4-19-15(14)18/h5-7,10,14,17H,3-4,8-9H2,1-2H3. The second kappa shape index (κ2) is 6.70. The lowest BCUT2D eigenvalue weighted by Gasteiger charge is -2.12. The highest BCUT2D eigenvalue weighted by molar-refractivity contribution is 5.76. The number of benzene rings is 1. The van der Waals surface area contributed by atoms with Crippen molar-refractivity contribution in [3.63, 3.8) is 0 Å². The first-order valence-corrected chi connectivity index (χ1v) is 6.88. The Hall–Kier alpha value is -1.62. The maximum Gasteiger partial charge on any atom is 0.347 e. The third-order valence-corrected chi connectivity index (χ3v) is 2.98. The lowest BCUT2D eigenvalue weighted by atomic mass is 10.2. The Balaban J connectivity index is 1.98. The molecule has 1 heterocycles. The summed E-state index contributed by atoms with van der Waals surface area (Å²) in [5, 5.41) is 3.24. The normalized spacial score (nSPS) is 18.4. The fourth-order valence-electron chi connectivity index (χ4n) is 2.04. The second-order valence-electron chi connectivity index (χ2n) is 5.38. The number of hydrogen-bond acceptors (Lipinski definition) is 4. The van der Waals surface area contributed by atoms with E-state index in [1.807, 2.05) is 0 Å². The molecule has 1 aliphatic rings. The van der Waals surface area contributed by atoms with E-state index in [2.05, 4.69) is 19.2 Å². The number of nitrogens with one attached hydrogen (secondary N) is 1. The van der Waals surface area contributed by atoms with Crippen molar-refractivity contribution in [3.8, 4) is 5.75 Å². The summed E-state index contributed by atoms with van der Waals surface area (Å²) in [5.74, 6) is 0.159. The van der Waals surface area contributed by atoms with E-state index in [9.17, 15) is 9.18 Å². The zero-order valence-corrected chi connectivity index (χ0v) is 11.8. The van der Waals surface area contributed by atoms with Gasteiger partial charge in [-0.1, -0.05) is 13.8 Å².